The highest BCUT2D eigenvalue weighted by molar-refractivity contribution is 5.44. The van der Waals surface area contributed by atoms with Crippen LogP contribution in [0.15, 0.2) is 18.2 Å². The summed E-state index contributed by atoms with van der Waals surface area (Å²) < 4.78 is 0. The monoisotopic (exact) mass is 233 g/mol. The zero-order valence-electron chi connectivity index (χ0n) is 11.0. The van der Waals surface area contributed by atoms with Crippen molar-refractivity contribution in [2.24, 2.45) is 5.92 Å². The summed E-state index contributed by atoms with van der Waals surface area (Å²) in [6, 6.07) is 6.82. The molecule has 3 atom stereocenters. The summed E-state index contributed by atoms with van der Waals surface area (Å²) in [7, 11) is 0. The van der Waals surface area contributed by atoms with Crippen molar-refractivity contribution in [1.82, 2.24) is 5.32 Å². The largest absolute Gasteiger partial charge is 0.508 e. The van der Waals surface area contributed by atoms with Crippen LogP contribution >= 0.6 is 0 Å². The number of rotatable bonds is 4. The number of nitrogens with one attached hydrogen (secondary N) is 1. The molecule has 1 aliphatic carbocycles. The van der Waals surface area contributed by atoms with Crippen LogP contribution < -0.4 is 5.32 Å². The number of phenolic OH excluding ortho intramolecular Hbond substituents is 1. The molecule has 0 fully saturated rings. The third kappa shape index (κ3) is 2.47. The fraction of sp³-hybridized carbons (Fsp3) is 0.600. The van der Waals surface area contributed by atoms with Crippen LogP contribution in [0.1, 0.15) is 50.8 Å². The van der Waals surface area contributed by atoms with Gasteiger partial charge < -0.3 is 10.4 Å². The van der Waals surface area contributed by atoms with E-state index in [0.717, 1.165) is 18.4 Å². The Labute approximate surface area is 104 Å². The molecule has 0 aromatic heterocycles. The number of hydrogen-bond acceptors (Lipinski definition) is 2. The van der Waals surface area contributed by atoms with Gasteiger partial charge in [-0.1, -0.05) is 32.4 Å². The fourth-order valence-electron chi connectivity index (χ4n) is 2.64. The smallest absolute Gasteiger partial charge is 0.119 e. The molecule has 1 aromatic carbocycles. The van der Waals surface area contributed by atoms with Gasteiger partial charge in [-0.25, -0.2) is 0 Å². The van der Waals surface area contributed by atoms with Crippen LogP contribution in [0, 0.1) is 5.92 Å². The summed E-state index contributed by atoms with van der Waals surface area (Å²) in [6.45, 7) is 6.78. The molecule has 0 amide bonds. The number of phenols is 1. The standard InChI is InChI=1S/C15H23NO/c1-4-10(2)11(3)16-14-9-8-13-12(14)6-5-7-15(13)17/h5-7,10-11,14,16-17H,4,8-9H2,1-3H3. The summed E-state index contributed by atoms with van der Waals surface area (Å²) in [6.07, 6.45) is 3.30. The second kappa shape index (κ2) is 5.09. The second-order valence-corrected chi connectivity index (χ2v) is 5.28. The van der Waals surface area contributed by atoms with Crippen molar-refractivity contribution in [3.8, 4) is 5.75 Å². The Morgan fingerprint density at radius 3 is 2.88 bits per heavy atom. The van der Waals surface area contributed by atoms with Crippen molar-refractivity contribution < 1.29 is 5.11 Å². The molecule has 0 bridgehead atoms. The summed E-state index contributed by atoms with van der Waals surface area (Å²) in [5.41, 5.74) is 2.43. The van der Waals surface area contributed by atoms with Crippen molar-refractivity contribution in [3.05, 3.63) is 29.3 Å². The number of hydrogen-bond donors (Lipinski definition) is 2. The van der Waals surface area contributed by atoms with Crippen molar-refractivity contribution in [3.63, 3.8) is 0 Å². The highest BCUT2D eigenvalue weighted by atomic mass is 16.3. The first-order valence-corrected chi connectivity index (χ1v) is 6.70. The molecule has 3 unspecified atom stereocenters. The molecule has 2 heteroatoms. The average Bonchev–Trinajstić information content (AvgIpc) is 2.73. The average molecular weight is 233 g/mol. The minimum Gasteiger partial charge on any atom is -0.508 e. The van der Waals surface area contributed by atoms with Crippen LogP contribution in [-0.4, -0.2) is 11.1 Å². The fourth-order valence-corrected chi connectivity index (χ4v) is 2.64. The van der Waals surface area contributed by atoms with E-state index < -0.39 is 0 Å². The summed E-state index contributed by atoms with van der Waals surface area (Å²) in [5, 5.41) is 13.5. The maximum absolute atomic E-state index is 9.81. The van der Waals surface area contributed by atoms with Gasteiger partial charge in [0.2, 0.25) is 0 Å². The Morgan fingerprint density at radius 1 is 1.41 bits per heavy atom. The SMILES string of the molecule is CCC(C)C(C)NC1CCc2c(O)cccc21. The Kier molecular flexibility index (Phi) is 3.72. The van der Waals surface area contributed by atoms with Gasteiger partial charge in [0, 0.05) is 12.1 Å². The first kappa shape index (κ1) is 12.4. The zero-order chi connectivity index (χ0) is 12.4. The van der Waals surface area contributed by atoms with E-state index in [9.17, 15) is 5.11 Å². The molecule has 0 heterocycles. The summed E-state index contributed by atoms with van der Waals surface area (Å²) >= 11 is 0. The van der Waals surface area contributed by atoms with Crippen LogP contribution in [0.25, 0.3) is 0 Å². The third-order valence-corrected chi connectivity index (χ3v) is 4.21. The van der Waals surface area contributed by atoms with Gasteiger partial charge in [0.25, 0.3) is 0 Å². The summed E-state index contributed by atoms with van der Waals surface area (Å²) in [4.78, 5) is 0. The van der Waals surface area contributed by atoms with Gasteiger partial charge in [-0.15, -0.1) is 0 Å². The van der Waals surface area contributed by atoms with E-state index >= 15 is 0 Å². The van der Waals surface area contributed by atoms with E-state index in [1.807, 2.05) is 6.07 Å². The van der Waals surface area contributed by atoms with Gasteiger partial charge in [0.15, 0.2) is 0 Å². The Bertz CT molecular complexity index is 389. The molecule has 17 heavy (non-hydrogen) atoms. The maximum Gasteiger partial charge on any atom is 0.119 e. The van der Waals surface area contributed by atoms with Crippen LogP contribution in [0.4, 0.5) is 0 Å². The predicted octanol–water partition coefficient (Wildman–Crippen LogP) is 3.40. The molecule has 0 spiro atoms. The summed E-state index contributed by atoms with van der Waals surface area (Å²) in [5.74, 6) is 1.15. The molecular weight excluding hydrogens is 210 g/mol. The lowest BCUT2D eigenvalue weighted by Crippen LogP contribution is -2.34. The second-order valence-electron chi connectivity index (χ2n) is 5.28. The van der Waals surface area contributed by atoms with Gasteiger partial charge in [0.05, 0.1) is 0 Å². The van der Waals surface area contributed by atoms with Crippen molar-refractivity contribution >= 4 is 0 Å². The van der Waals surface area contributed by atoms with Gasteiger partial charge in [-0.2, -0.15) is 0 Å². The Hall–Kier alpha value is -1.02. The molecule has 0 radical (unpaired) electrons. The van der Waals surface area contributed by atoms with Crippen molar-refractivity contribution in [1.29, 1.82) is 0 Å². The normalized spacial score (nSPS) is 22.2. The van der Waals surface area contributed by atoms with Crippen LogP contribution in [0.3, 0.4) is 0 Å². The van der Waals surface area contributed by atoms with E-state index in [-0.39, 0.29) is 0 Å². The van der Waals surface area contributed by atoms with Crippen molar-refractivity contribution in [2.75, 3.05) is 0 Å². The number of benzene rings is 1. The Morgan fingerprint density at radius 2 is 2.18 bits per heavy atom. The lowest BCUT2D eigenvalue weighted by Gasteiger charge is -2.24. The molecule has 2 rings (SSSR count). The molecule has 2 N–H and O–H groups in total. The van der Waals surface area contributed by atoms with Crippen LogP contribution in [0.2, 0.25) is 0 Å². The Balaban J connectivity index is 2.10. The van der Waals surface area contributed by atoms with Crippen LogP contribution in [0.5, 0.6) is 5.75 Å². The van der Waals surface area contributed by atoms with Gasteiger partial charge in [-0.3, -0.25) is 0 Å². The number of aromatic hydroxyl groups is 1. The van der Waals surface area contributed by atoms with Gasteiger partial charge in [-0.05, 0) is 42.9 Å². The van der Waals surface area contributed by atoms with Gasteiger partial charge in [0.1, 0.15) is 5.75 Å². The molecule has 2 nitrogen and oxygen atoms in total. The first-order valence-electron chi connectivity index (χ1n) is 6.70. The molecule has 0 saturated carbocycles. The molecule has 1 aliphatic rings. The lowest BCUT2D eigenvalue weighted by atomic mass is 9.99. The molecule has 0 saturated heterocycles. The van der Waals surface area contributed by atoms with Crippen molar-refractivity contribution in [2.45, 2.75) is 52.1 Å². The van der Waals surface area contributed by atoms with E-state index in [0.29, 0.717) is 23.8 Å². The number of fused-ring (bicyclic) bond motifs is 1. The van der Waals surface area contributed by atoms with E-state index in [4.69, 9.17) is 0 Å². The predicted molar refractivity (Wildman–Crippen MR) is 71.2 cm³/mol. The highest BCUT2D eigenvalue weighted by Gasteiger charge is 2.26. The quantitative estimate of drug-likeness (QED) is 0.835. The molecule has 1 aromatic rings. The topological polar surface area (TPSA) is 32.3 Å². The van der Waals surface area contributed by atoms with E-state index in [1.54, 1.807) is 6.07 Å². The van der Waals surface area contributed by atoms with E-state index in [1.165, 1.54) is 12.0 Å². The van der Waals surface area contributed by atoms with E-state index in [2.05, 4.69) is 32.2 Å². The minimum atomic E-state index is 0.418. The van der Waals surface area contributed by atoms with Crippen LogP contribution in [-0.2, 0) is 6.42 Å². The highest BCUT2D eigenvalue weighted by Crippen LogP contribution is 2.36. The maximum atomic E-state index is 9.81. The molecule has 0 aliphatic heterocycles. The zero-order valence-corrected chi connectivity index (χ0v) is 11.0. The lowest BCUT2D eigenvalue weighted by molar-refractivity contribution is 0.349. The third-order valence-electron chi connectivity index (χ3n) is 4.21. The van der Waals surface area contributed by atoms with Gasteiger partial charge >= 0.3 is 0 Å². The molecular formula is C15H23NO. The first-order chi connectivity index (χ1) is 8.13. The molecule has 94 valence electrons. The minimum absolute atomic E-state index is 0.418.